The number of H-pyrrole nitrogens is 1. The number of piperidine rings is 1. The van der Waals surface area contributed by atoms with Gasteiger partial charge in [0.15, 0.2) is 0 Å². The number of aromatic amines is 1. The number of halogens is 1. The third-order valence-electron chi connectivity index (χ3n) is 4.93. The van der Waals surface area contributed by atoms with Gasteiger partial charge < -0.3 is 14.8 Å². The second-order valence-electron chi connectivity index (χ2n) is 6.54. The van der Waals surface area contributed by atoms with Gasteiger partial charge in [-0.1, -0.05) is 12.8 Å². The molecule has 126 valence electrons. The fourth-order valence-electron chi connectivity index (χ4n) is 3.54. The predicted molar refractivity (Wildman–Crippen MR) is 92.2 cm³/mol. The number of aromatic nitrogens is 1. The number of carbonyl (C=O) groups excluding carboxylic acids is 2. The lowest BCUT2D eigenvalue weighted by molar-refractivity contribution is -0.136. The Kier molecular flexibility index (Phi) is 5.41. The van der Waals surface area contributed by atoms with Crippen molar-refractivity contribution in [1.82, 2.24) is 14.8 Å². The lowest BCUT2D eigenvalue weighted by Crippen LogP contribution is -2.44. The summed E-state index contributed by atoms with van der Waals surface area (Å²) in [7, 11) is 0. The van der Waals surface area contributed by atoms with Crippen LogP contribution in [-0.2, 0) is 4.79 Å². The van der Waals surface area contributed by atoms with E-state index in [4.69, 9.17) is 0 Å². The van der Waals surface area contributed by atoms with Crippen molar-refractivity contribution in [3.05, 3.63) is 22.4 Å². The fraction of sp³-hybridized carbons (Fsp3) is 0.647. The summed E-state index contributed by atoms with van der Waals surface area (Å²) in [5, 5.41) is 0. The summed E-state index contributed by atoms with van der Waals surface area (Å²) >= 11 is 3.35. The van der Waals surface area contributed by atoms with E-state index in [9.17, 15) is 9.59 Å². The lowest BCUT2D eigenvalue weighted by Gasteiger charge is -2.33. The molecule has 1 N–H and O–H groups in total. The third kappa shape index (κ3) is 3.97. The van der Waals surface area contributed by atoms with Crippen LogP contribution in [0.1, 0.15) is 49.0 Å². The van der Waals surface area contributed by atoms with Crippen molar-refractivity contribution < 1.29 is 9.59 Å². The van der Waals surface area contributed by atoms with Crippen molar-refractivity contribution in [2.75, 3.05) is 26.2 Å². The highest BCUT2D eigenvalue weighted by atomic mass is 79.9. The molecule has 2 aliphatic heterocycles. The number of likely N-dealkylation sites (tertiary alicyclic amines) is 2. The summed E-state index contributed by atoms with van der Waals surface area (Å²) < 4.78 is 0.882. The molecular weight excluding hydrogens is 358 g/mol. The summed E-state index contributed by atoms with van der Waals surface area (Å²) in [5.41, 5.74) is 0.606. The van der Waals surface area contributed by atoms with E-state index < -0.39 is 0 Å². The maximum Gasteiger partial charge on any atom is 0.270 e. The molecule has 2 aliphatic rings. The normalized spacial score (nSPS) is 20.4. The Morgan fingerprint density at radius 1 is 1.00 bits per heavy atom. The van der Waals surface area contributed by atoms with Crippen molar-refractivity contribution in [1.29, 1.82) is 0 Å². The number of nitrogens with zero attached hydrogens (tertiary/aromatic N) is 2. The second-order valence-corrected chi connectivity index (χ2v) is 7.45. The van der Waals surface area contributed by atoms with E-state index in [0.717, 1.165) is 43.2 Å². The van der Waals surface area contributed by atoms with Gasteiger partial charge in [0.1, 0.15) is 5.69 Å². The summed E-state index contributed by atoms with van der Waals surface area (Å²) in [4.78, 5) is 32.0. The number of amides is 2. The maximum absolute atomic E-state index is 12.7. The van der Waals surface area contributed by atoms with Gasteiger partial charge in [-0.05, 0) is 47.7 Å². The van der Waals surface area contributed by atoms with E-state index in [0.29, 0.717) is 24.7 Å². The molecule has 0 bridgehead atoms. The van der Waals surface area contributed by atoms with E-state index in [1.807, 2.05) is 4.90 Å². The van der Waals surface area contributed by atoms with Crippen molar-refractivity contribution in [2.45, 2.75) is 38.5 Å². The minimum atomic E-state index is 0.0244. The Morgan fingerprint density at radius 2 is 1.65 bits per heavy atom. The van der Waals surface area contributed by atoms with Crippen LogP contribution in [0.25, 0.3) is 0 Å². The zero-order valence-electron chi connectivity index (χ0n) is 13.4. The fourth-order valence-corrected chi connectivity index (χ4v) is 3.88. The van der Waals surface area contributed by atoms with Gasteiger partial charge in [0.05, 0.1) is 0 Å². The van der Waals surface area contributed by atoms with Gasteiger partial charge >= 0.3 is 0 Å². The first kappa shape index (κ1) is 16.6. The smallest absolute Gasteiger partial charge is 0.270 e. The Bertz CT molecular complexity index is 556. The highest BCUT2D eigenvalue weighted by Gasteiger charge is 2.31. The van der Waals surface area contributed by atoms with Crippen LogP contribution in [0.2, 0.25) is 0 Å². The molecule has 0 spiro atoms. The third-order valence-corrected chi connectivity index (χ3v) is 5.39. The highest BCUT2D eigenvalue weighted by molar-refractivity contribution is 9.10. The monoisotopic (exact) mass is 381 g/mol. The Labute approximate surface area is 145 Å². The molecule has 3 heterocycles. The van der Waals surface area contributed by atoms with Gasteiger partial charge in [0.25, 0.3) is 5.91 Å². The molecule has 3 rings (SSSR count). The van der Waals surface area contributed by atoms with Crippen LogP contribution in [-0.4, -0.2) is 52.8 Å². The lowest BCUT2D eigenvalue weighted by atomic mass is 9.95. The number of carbonyl (C=O) groups is 2. The van der Waals surface area contributed by atoms with Crippen molar-refractivity contribution in [2.24, 2.45) is 5.92 Å². The van der Waals surface area contributed by atoms with Crippen molar-refractivity contribution in [3.8, 4) is 0 Å². The predicted octanol–water partition coefficient (Wildman–Crippen LogP) is 3.03. The standard InChI is InChI=1S/C17H24BrN3O2/c18-14-11-15(19-12-14)17(23)21-9-5-13(6-10-21)16(22)20-7-3-1-2-4-8-20/h11-13,19H,1-10H2. The van der Waals surface area contributed by atoms with Gasteiger partial charge in [-0.25, -0.2) is 0 Å². The quantitative estimate of drug-likeness (QED) is 0.855. The number of hydrogen-bond donors (Lipinski definition) is 1. The van der Waals surface area contributed by atoms with E-state index in [1.54, 1.807) is 12.3 Å². The minimum Gasteiger partial charge on any atom is -0.356 e. The molecule has 0 aromatic carbocycles. The zero-order valence-corrected chi connectivity index (χ0v) is 15.0. The van der Waals surface area contributed by atoms with Crippen LogP contribution in [0, 0.1) is 5.92 Å². The molecule has 6 heteroatoms. The molecule has 5 nitrogen and oxygen atoms in total. The SMILES string of the molecule is O=C(c1cc(Br)c[nH]1)N1CCC(C(=O)N2CCCCCC2)CC1. The summed E-state index contributed by atoms with van der Waals surface area (Å²) in [6, 6.07) is 1.80. The van der Waals surface area contributed by atoms with Gasteiger partial charge in [0, 0.05) is 42.8 Å². The van der Waals surface area contributed by atoms with Gasteiger partial charge in [0.2, 0.25) is 5.91 Å². The van der Waals surface area contributed by atoms with E-state index >= 15 is 0 Å². The molecular formula is C17H24BrN3O2. The first-order chi connectivity index (χ1) is 11.1. The molecule has 2 amide bonds. The maximum atomic E-state index is 12.7. The molecule has 0 unspecified atom stereocenters. The van der Waals surface area contributed by atoms with Crippen LogP contribution in [0.4, 0.5) is 0 Å². The van der Waals surface area contributed by atoms with Gasteiger partial charge in [-0.2, -0.15) is 0 Å². The van der Waals surface area contributed by atoms with Crippen LogP contribution in [0.5, 0.6) is 0 Å². The minimum absolute atomic E-state index is 0.0244. The first-order valence-corrected chi connectivity index (χ1v) is 9.36. The number of hydrogen-bond acceptors (Lipinski definition) is 2. The average Bonchev–Trinajstić information content (AvgIpc) is 2.84. The van der Waals surface area contributed by atoms with Gasteiger partial charge in [-0.3, -0.25) is 9.59 Å². The van der Waals surface area contributed by atoms with Crippen LogP contribution in [0.15, 0.2) is 16.7 Å². The number of nitrogens with one attached hydrogen (secondary N) is 1. The van der Waals surface area contributed by atoms with E-state index in [-0.39, 0.29) is 11.8 Å². The topological polar surface area (TPSA) is 56.4 Å². The largest absolute Gasteiger partial charge is 0.356 e. The van der Waals surface area contributed by atoms with Crippen molar-refractivity contribution >= 4 is 27.7 Å². The Morgan fingerprint density at radius 3 is 2.22 bits per heavy atom. The highest BCUT2D eigenvalue weighted by Crippen LogP contribution is 2.23. The van der Waals surface area contributed by atoms with Gasteiger partial charge in [-0.15, -0.1) is 0 Å². The molecule has 0 saturated carbocycles. The van der Waals surface area contributed by atoms with Crippen LogP contribution >= 0.6 is 15.9 Å². The molecule has 0 atom stereocenters. The molecule has 23 heavy (non-hydrogen) atoms. The van der Waals surface area contributed by atoms with E-state index in [2.05, 4.69) is 25.8 Å². The summed E-state index contributed by atoms with van der Waals surface area (Å²) in [6.07, 6.45) is 8.06. The molecule has 2 saturated heterocycles. The molecule has 0 radical (unpaired) electrons. The average molecular weight is 382 g/mol. The first-order valence-electron chi connectivity index (χ1n) is 8.57. The van der Waals surface area contributed by atoms with Crippen LogP contribution < -0.4 is 0 Å². The molecule has 1 aromatic rings. The van der Waals surface area contributed by atoms with E-state index in [1.165, 1.54) is 12.8 Å². The molecule has 1 aromatic heterocycles. The zero-order chi connectivity index (χ0) is 16.2. The summed E-state index contributed by atoms with van der Waals surface area (Å²) in [5.74, 6) is 0.422. The Balaban J connectivity index is 1.53. The summed E-state index contributed by atoms with van der Waals surface area (Å²) in [6.45, 7) is 3.16. The van der Waals surface area contributed by atoms with Crippen molar-refractivity contribution in [3.63, 3.8) is 0 Å². The van der Waals surface area contributed by atoms with Crippen LogP contribution in [0.3, 0.4) is 0 Å². The second kappa shape index (κ2) is 7.51. The Hall–Kier alpha value is -1.30. The number of rotatable bonds is 2. The molecule has 0 aliphatic carbocycles. The molecule has 2 fully saturated rings.